The first-order valence-electron chi connectivity index (χ1n) is 6.89. The molecule has 0 aromatic heterocycles. The fraction of sp³-hybridized carbons (Fsp3) is 0.857. The minimum absolute atomic E-state index is 0.229. The summed E-state index contributed by atoms with van der Waals surface area (Å²) in [6.45, 7) is 5.10. The lowest BCUT2D eigenvalue weighted by atomic mass is 9.33. The maximum Gasteiger partial charge on any atom is 0.408 e. The molecule has 0 saturated heterocycles. The molecular weight excluding hydrogens is 284 g/mol. The fourth-order valence-corrected chi connectivity index (χ4v) is 3.49. The Kier molecular flexibility index (Phi) is 3.66. The highest BCUT2D eigenvalue weighted by molar-refractivity contribution is 5.83. The van der Waals surface area contributed by atoms with Gasteiger partial charge in [-0.15, -0.1) is 0 Å². The van der Waals surface area contributed by atoms with Crippen LogP contribution in [0.2, 0.25) is 0 Å². The lowest BCUT2D eigenvalue weighted by Crippen LogP contribution is -2.73. The lowest BCUT2D eigenvalue weighted by Gasteiger charge is -2.71. The van der Waals surface area contributed by atoms with Crippen molar-refractivity contribution in [2.24, 2.45) is 10.8 Å². The number of carbonyl (C=O) groups excluding carboxylic acids is 2. The SMILES string of the molecule is COC(=O)[C@H](NC(=O)OC(C)(C)C)C12CC(C(F)F)(C1)C2. The van der Waals surface area contributed by atoms with Crippen LogP contribution >= 0.6 is 0 Å². The molecule has 3 fully saturated rings. The van der Waals surface area contributed by atoms with E-state index in [-0.39, 0.29) is 19.3 Å². The van der Waals surface area contributed by atoms with E-state index in [0.717, 1.165) is 0 Å². The second kappa shape index (κ2) is 4.81. The number of amides is 1. The highest BCUT2D eigenvalue weighted by Gasteiger charge is 2.75. The summed E-state index contributed by atoms with van der Waals surface area (Å²) in [5.41, 5.74) is -2.28. The van der Waals surface area contributed by atoms with Crippen molar-refractivity contribution in [1.82, 2.24) is 5.32 Å². The van der Waals surface area contributed by atoms with Gasteiger partial charge in [0.1, 0.15) is 11.6 Å². The van der Waals surface area contributed by atoms with E-state index in [1.165, 1.54) is 7.11 Å². The van der Waals surface area contributed by atoms with Gasteiger partial charge < -0.3 is 14.8 Å². The molecule has 3 aliphatic carbocycles. The minimum atomic E-state index is -2.39. The highest BCUT2D eigenvalue weighted by Crippen LogP contribution is 2.76. The number of nitrogens with one attached hydrogen (secondary N) is 1. The standard InChI is InChI=1S/C14H21F2NO4/c1-12(2,3)21-11(19)17-8(9(18)20-4)13-5-14(6-13,7-13)10(15)16/h8,10H,5-7H2,1-4H3,(H,17,19)/t8-,13?,14?/m0/s1. The Balaban J connectivity index is 2.02. The first-order chi connectivity index (χ1) is 9.54. The molecule has 0 spiro atoms. The molecule has 0 aliphatic heterocycles. The number of ether oxygens (including phenoxy) is 2. The van der Waals surface area contributed by atoms with E-state index < -0.39 is 41.0 Å². The summed E-state index contributed by atoms with van der Waals surface area (Å²) in [5.74, 6) is -0.622. The fourth-order valence-electron chi connectivity index (χ4n) is 3.49. The van der Waals surface area contributed by atoms with Crippen molar-refractivity contribution in [3.63, 3.8) is 0 Å². The summed E-state index contributed by atoms with van der Waals surface area (Å²) < 4.78 is 35.5. The average molecular weight is 305 g/mol. The van der Waals surface area contributed by atoms with Gasteiger partial charge in [-0.25, -0.2) is 18.4 Å². The molecule has 0 unspecified atom stereocenters. The number of hydrogen-bond acceptors (Lipinski definition) is 4. The molecule has 120 valence electrons. The zero-order valence-corrected chi connectivity index (χ0v) is 12.7. The maximum absolute atomic E-state index is 12.9. The highest BCUT2D eigenvalue weighted by atomic mass is 19.3. The molecule has 3 aliphatic rings. The van der Waals surface area contributed by atoms with Crippen molar-refractivity contribution in [2.75, 3.05) is 7.11 Å². The summed E-state index contributed by atoms with van der Waals surface area (Å²) in [6, 6.07) is -0.932. The summed E-state index contributed by atoms with van der Waals surface area (Å²) in [7, 11) is 1.21. The first-order valence-corrected chi connectivity index (χ1v) is 6.89. The Morgan fingerprint density at radius 3 is 2.05 bits per heavy atom. The Morgan fingerprint density at radius 1 is 1.14 bits per heavy atom. The van der Waals surface area contributed by atoms with E-state index in [9.17, 15) is 18.4 Å². The van der Waals surface area contributed by atoms with Gasteiger partial charge in [-0.3, -0.25) is 0 Å². The molecule has 1 amide bonds. The second-order valence-electron chi connectivity index (χ2n) is 7.16. The van der Waals surface area contributed by atoms with Crippen molar-refractivity contribution in [1.29, 1.82) is 0 Å². The van der Waals surface area contributed by atoms with Gasteiger partial charge in [0.2, 0.25) is 6.43 Å². The Bertz CT molecular complexity index is 439. The van der Waals surface area contributed by atoms with Crippen LogP contribution in [-0.2, 0) is 14.3 Å². The van der Waals surface area contributed by atoms with E-state index in [0.29, 0.717) is 0 Å². The molecule has 0 aromatic rings. The summed E-state index contributed by atoms with van der Waals surface area (Å²) in [6.07, 6.45) is -2.44. The van der Waals surface area contributed by atoms with Crippen LogP contribution in [0.1, 0.15) is 40.0 Å². The number of rotatable bonds is 4. The molecule has 2 bridgehead atoms. The van der Waals surface area contributed by atoms with Gasteiger partial charge in [-0.1, -0.05) is 0 Å². The predicted molar refractivity (Wildman–Crippen MR) is 69.9 cm³/mol. The lowest BCUT2D eigenvalue weighted by molar-refractivity contribution is -0.277. The maximum atomic E-state index is 12.9. The van der Waals surface area contributed by atoms with E-state index in [1.54, 1.807) is 20.8 Å². The van der Waals surface area contributed by atoms with Crippen molar-refractivity contribution in [2.45, 2.75) is 58.1 Å². The average Bonchev–Trinajstić information content (AvgIpc) is 2.19. The molecule has 21 heavy (non-hydrogen) atoms. The molecule has 3 saturated carbocycles. The van der Waals surface area contributed by atoms with Crippen LogP contribution in [0.25, 0.3) is 0 Å². The van der Waals surface area contributed by atoms with Gasteiger partial charge in [0.25, 0.3) is 0 Å². The van der Waals surface area contributed by atoms with Crippen molar-refractivity contribution in [3.8, 4) is 0 Å². The molecule has 5 nitrogen and oxygen atoms in total. The van der Waals surface area contributed by atoms with Crippen LogP contribution in [0, 0.1) is 10.8 Å². The predicted octanol–water partition coefficient (Wildman–Crippen LogP) is 2.49. The van der Waals surface area contributed by atoms with Crippen LogP contribution in [0.15, 0.2) is 0 Å². The molecule has 1 atom stereocenters. The van der Waals surface area contributed by atoms with E-state index in [4.69, 9.17) is 4.74 Å². The number of esters is 1. The van der Waals surface area contributed by atoms with Crippen LogP contribution in [0.4, 0.5) is 13.6 Å². The molecule has 0 heterocycles. The topological polar surface area (TPSA) is 64.6 Å². The molecule has 7 heteroatoms. The Hall–Kier alpha value is -1.40. The molecule has 3 rings (SSSR count). The Labute approximate surface area is 122 Å². The summed E-state index contributed by atoms with van der Waals surface area (Å²) in [4.78, 5) is 23.7. The minimum Gasteiger partial charge on any atom is -0.467 e. The molecule has 0 aromatic carbocycles. The van der Waals surface area contributed by atoms with Crippen molar-refractivity contribution < 1.29 is 27.8 Å². The normalized spacial score (nSPS) is 31.8. The van der Waals surface area contributed by atoms with Gasteiger partial charge >= 0.3 is 12.1 Å². The van der Waals surface area contributed by atoms with Gasteiger partial charge in [0.05, 0.1) is 7.11 Å². The van der Waals surface area contributed by atoms with Gasteiger partial charge in [-0.2, -0.15) is 0 Å². The van der Waals surface area contributed by atoms with E-state index in [2.05, 4.69) is 10.1 Å². The van der Waals surface area contributed by atoms with E-state index >= 15 is 0 Å². The van der Waals surface area contributed by atoms with Gasteiger partial charge in [0.15, 0.2) is 0 Å². The second-order valence-corrected chi connectivity index (χ2v) is 7.16. The number of alkyl halides is 2. The number of hydrogen-bond donors (Lipinski definition) is 1. The van der Waals surface area contributed by atoms with Gasteiger partial charge in [-0.05, 0) is 40.0 Å². The molecular formula is C14H21F2NO4. The Morgan fingerprint density at radius 2 is 1.67 bits per heavy atom. The van der Waals surface area contributed by atoms with E-state index in [1.807, 2.05) is 0 Å². The molecule has 0 radical (unpaired) electrons. The van der Waals surface area contributed by atoms with Crippen LogP contribution in [0.3, 0.4) is 0 Å². The van der Waals surface area contributed by atoms with Crippen molar-refractivity contribution >= 4 is 12.1 Å². The number of halogens is 2. The zero-order valence-electron chi connectivity index (χ0n) is 12.7. The number of methoxy groups -OCH3 is 1. The van der Waals surface area contributed by atoms with Crippen LogP contribution < -0.4 is 5.32 Å². The third-order valence-electron chi connectivity index (χ3n) is 4.29. The van der Waals surface area contributed by atoms with Crippen LogP contribution in [-0.4, -0.2) is 37.2 Å². The third kappa shape index (κ3) is 2.70. The smallest absolute Gasteiger partial charge is 0.408 e. The quantitative estimate of drug-likeness (QED) is 0.810. The largest absolute Gasteiger partial charge is 0.467 e. The first kappa shape index (κ1) is 16.0. The monoisotopic (exact) mass is 305 g/mol. The van der Waals surface area contributed by atoms with Gasteiger partial charge in [0, 0.05) is 10.8 Å². The molecule has 1 N–H and O–H groups in total. The number of carbonyl (C=O) groups is 2. The third-order valence-corrected chi connectivity index (χ3v) is 4.29. The van der Waals surface area contributed by atoms with Crippen molar-refractivity contribution in [3.05, 3.63) is 0 Å². The zero-order chi connectivity index (χ0) is 16.1. The van der Waals surface area contributed by atoms with Crippen LogP contribution in [0.5, 0.6) is 0 Å². The number of alkyl carbamates (subject to hydrolysis) is 1. The summed E-state index contributed by atoms with van der Waals surface area (Å²) >= 11 is 0. The summed E-state index contributed by atoms with van der Waals surface area (Å²) in [5, 5.41) is 2.48.